The van der Waals surface area contributed by atoms with E-state index in [-0.39, 0.29) is 12.6 Å². The van der Waals surface area contributed by atoms with Crippen molar-refractivity contribution in [2.45, 2.75) is 25.3 Å². The molecule has 0 aliphatic rings. The molecule has 0 saturated heterocycles. The average molecular weight is 146 g/mol. The van der Waals surface area contributed by atoms with E-state index in [1.165, 1.54) is 0 Å². The number of rotatable bonds is 6. The van der Waals surface area contributed by atoms with Gasteiger partial charge < -0.3 is 16.2 Å². The van der Waals surface area contributed by atoms with Gasteiger partial charge in [-0.2, -0.15) is 0 Å². The smallest absolute Gasteiger partial charge is 0.0582 e. The van der Waals surface area contributed by atoms with Gasteiger partial charge in [-0.25, -0.2) is 0 Å². The molecule has 0 amide bonds. The molecule has 0 aromatic rings. The lowest BCUT2D eigenvalue weighted by Gasteiger charge is -2.06. The fourth-order valence-corrected chi connectivity index (χ4v) is 0.800. The van der Waals surface area contributed by atoms with Gasteiger partial charge in [0, 0.05) is 6.04 Å². The van der Waals surface area contributed by atoms with Crippen molar-refractivity contribution in [3.63, 3.8) is 0 Å². The maximum Gasteiger partial charge on any atom is 0.0582 e. The number of aliphatic hydroxyl groups excluding tert-OH is 1. The highest BCUT2D eigenvalue weighted by atomic mass is 16.3. The summed E-state index contributed by atoms with van der Waals surface area (Å²) in [5, 5.41) is 11.6. The number of unbranched alkanes of at least 4 members (excludes halogenated alkanes) is 1. The molecule has 0 heterocycles. The molecule has 62 valence electrons. The summed E-state index contributed by atoms with van der Waals surface area (Å²) in [7, 11) is 1.94. The van der Waals surface area contributed by atoms with Crippen LogP contribution in [0, 0.1) is 0 Å². The number of nitrogens with one attached hydrogen (secondary N) is 1. The molecule has 0 fully saturated rings. The first-order valence-corrected chi connectivity index (χ1v) is 3.82. The summed E-state index contributed by atoms with van der Waals surface area (Å²) in [6.07, 6.45) is 3.17. The Bertz CT molecular complexity index is 68.6. The van der Waals surface area contributed by atoms with Gasteiger partial charge in [0.2, 0.25) is 0 Å². The van der Waals surface area contributed by atoms with E-state index in [0.29, 0.717) is 0 Å². The molecule has 0 saturated carbocycles. The Morgan fingerprint density at radius 2 is 2.20 bits per heavy atom. The van der Waals surface area contributed by atoms with Crippen LogP contribution in [-0.2, 0) is 0 Å². The van der Waals surface area contributed by atoms with Gasteiger partial charge in [0.25, 0.3) is 0 Å². The topological polar surface area (TPSA) is 58.3 Å². The molecule has 10 heavy (non-hydrogen) atoms. The van der Waals surface area contributed by atoms with E-state index >= 15 is 0 Å². The highest BCUT2D eigenvalue weighted by Crippen LogP contribution is 1.96. The molecule has 0 aliphatic carbocycles. The maximum absolute atomic E-state index is 8.55. The van der Waals surface area contributed by atoms with Gasteiger partial charge in [-0.15, -0.1) is 0 Å². The molecular formula is C7H18N2O. The zero-order chi connectivity index (χ0) is 7.82. The number of hydrogen-bond donors (Lipinski definition) is 3. The summed E-state index contributed by atoms with van der Waals surface area (Å²) < 4.78 is 0. The Hall–Kier alpha value is -0.120. The summed E-state index contributed by atoms with van der Waals surface area (Å²) in [4.78, 5) is 0. The molecule has 0 aromatic heterocycles. The van der Waals surface area contributed by atoms with Crippen LogP contribution < -0.4 is 11.1 Å². The monoisotopic (exact) mass is 146 g/mol. The van der Waals surface area contributed by atoms with E-state index in [9.17, 15) is 0 Å². The third-order valence-electron chi connectivity index (χ3n) is 1.49. The summed E-state index contributed by atoms with van der Waals surface area (Å²) in [5.41, 5.74) is 5.48. The van der Waals surface area contributed by atoms with Crippen LogP contribution >= 0.6 is 0 Å². The first-order chi connectivity index (χ1) is 4.81. The van der Waals surface area contributed by atoms with Crippen molar-refractivity contribution in [2.75, 3.05) is 20.2 Å². The molecule has 0 aliphatic heterocycles. The molecule has 4 N–H and O–H groups in total. The van der Waals surface area contributed by atoms with Crippen LogP contribution in [0.3, 0.4) is 0 Å². The van der Waals surface area contributed by atoms with Crippen molar-refractivity contribution in [3.05, 3.63) is 0 Å². The van der Waals surface area contributed by atoms with Crippen molar-refractivity contribution in [1.82, 2.24) is 5.32 Å². The second-order valence-electron chi connectivity index (χ2n) is 2.54. The minimum absolute atomic E-state index is 0.0168. The first-order valence-electron chi connectivity index (χ1n) is 3.82. The Morgan fingerprint density at radius 1 is 1.50 bits per heavy atom. The van der Waals surface area contributed by atoms with Gasteiger partial charge in [-0.1, -0.05) is 6.42 Å². The second kappa shape index (κ2) is 6.99. The lowest BCUT2D eigenvalue weighted by molar-refractivity contribution is 0.257. The Labute approximate surface area is 62.6 Å². The second-order valence-corrected chi connectivity index (χ2v) is 2.54. The molecule has 0 spiro atoms. The van der Waals surface area contributed by atoms with Gasteiger partial charge in [0.15, 0.2) is 0 Å². The van der Waals surface area contributed by atoms with Crippen LogP contribution in [0.15, 0.2) is 0 Å². The average Bonchev–Trinajstić information content (AvgIpc) is 1.98. The molecule has 0 unspecified atom stereocenters. The van der Waals surface area contributed by atoms with Crippen LogP contribution in [-0.4, -0.2) is 31.3 Å². The van der Waals surface area contributed by atoms with Crippen molar-refractivity contribution in [1.29, 1.82) is 0 Å². The molecular weight excluding hydrogens is 128 g/mol. The standard InChI is InChI=1S/C7H18N2O/c1-9-5-3-2-4-7(8)6-10/h7,9-10H,2-6,8H2,1H3/t7-/m0/s1. The van der Waals surface area contributed by atoms with Crippen LogP contribution in [0.2, 0.25) is 0 Å². The summed E-state index contributed by atoms with van der Waals surface area (Å²) in [5.74, 6) is 0. The fraction of sp³-hybridized carbons (Fsp3) is 1.00. The summed E-state index contributed by atoms with van der Waals surface area (Å²) in [6.45, 7) is 1.15. The largest absolute Gasteiger partial charge is 0.395 e. The van der Waals surface area contributed by atoms with E-state index in [1.54, 1.807) is 0 Å². The Balaban J connectivity index is 2.89. The van der Waals surface area contributed by atoms with E-state index in [4.69, 9.17) is 10.8 Å². The molecule has 0 aromatic carbocycles. The van der Waals surface area contributed by atoms with Gasteiger partial charge in [0.1, 0.15) is 0 Å². The van der Waals surface area contributed by atoms with E-state index in [0.717, 1.165) is 25.8 Å². The Kier molecular flexibility index (Phi) is 6.91. The quantitative estimate of drug-likeness (QED) is 0.451. The van der Waals surface area contributed by atoms with E-state index < -0.39 is 0 Å². The lowest BCUT2D eigenvalue weighted by atomic mass is 10.1. The lowest BCUT2D eigenvalue weighted by Crippen LogP contribution is -2.24. The van der Waals surface area contributed by atoms with Gasteiger partial charge in [0.05, 0.1) is 6.61 Å². The highest BCUT2D eigenvalue weighted by molar-refractivity contribution is 4.58. The highest BCUT2D eigenvalue weighted by Gasteiger charge is 1.97. The normalized spacial score (nSPS) is 13.5. The third kappa shape index (κ3) is 6.01. The van der Waals surface area contributed by atoms with Crippen molar-refractivity contribution >= 4 is 0 Å². The molecule has 0 bridgehead atoms. The number of hydrogen-bond acceptors (Lipinski definition) is 3. The Morgan fingerprint density at radius 3 is 2.70 bits per heavy atom. The van der Waals surface area contributed by atoms with Crippen LogP contribution in [0.4, 0.5) is 0 Å². The number of nitrogens with two attached hydrogens (primary N) is 1. The zero-order valence-electron chi connectivity index (χ0n) is 6.64. The molecule has 0 rings (SSSR count). The van der Waals surface area contributed by atoms with Crippen LogP contribution in [0.25, 0.3) is 0 Å². The maximum atomic E-state index is 8.55. The first kappa shape index (κ1) is 9.88. The van der Waals surface area contributed by atoms with Crippen molar-refractivity contribution in [2.24, 2.45) is 5.73 Å². The predicted molar refractivity (Wildman–Crippen MR) is 42.8 cm³/mol. The van der Waals surface area contributed by atoms with Gasteiger partial charge in [-0.3, -0.25) is 0 Å². The SMILES string of the molecule is CNCCCC[C@H](N)CO. The number of aliphatic hydroxyl groups is 1. The van der Waals surface area contributed by atoms with Gasteiger partial charge >= 0.3 is 0 Å². The summed E-state index contributed by atoms with van der Waals surface area (Å²) in [6, 6.07) is -0.0168. The van der Waals surface area contributed by atoms with Crippen LogP contribution in [0.1, 0.15) is 19.3 Å². The molecule has 1 atom stereocenters. The van der Waals surface area contributed by atoms with Crippen molar-refractivity contribution in [3.8, 4) is 0 Å². The minimum Gasteiger partial charge on any atom is -0.395 e. The predicted octanol–water partition coefficient (Wildman–Crippen LogP) is -0.304. The zero-order valence-corrected chi connectivity index (χ0v) is 6.64. The van der Waals surface area contributed by atoms with Crippen molar-refractivity contribution < 1.29 is 5.11 Å². The van der Waals surface area contributed by atoms with Crippen LogP contribution in [0.5, 0.6) is 0 Å². The third-order valence-corrected chi connectivity index (χ3v) is 1.49. The minimum atomic E-state index is -0.0168. The fourth-order valence-electron chi connectivity index (χ4n) is 0.800. The van der Waals surface area contributed by atoms with E-state index in [1.807, 2.05) is 7.05 Å². The molecule has 0 radical (unpaired) electrons. The van der Waals surface area contributed by atoms with Gasteiger partial charge in [-0.05, 0) is 26.4 Å². The summed E-state index contributed by atoms with van der Waals surface area (Å²) >= 11 is 0. The molecule has 3 nitrogen and oxygen atoms in total. The molecule has 3 heteroatoms. The van der Waals surface area contributed by atoms with E-state index in [2.05, 4.69) is 5.32 Å².